The predicted octanol–water partition coefficient (Wildman–Crippen LogP) is 3.22. The fourth-order valence-corrected chi connectivity index (χ4v) is 4.69. The molecule has 0 bridgehead atoms. The second-order valence-corrected chi connectivity index (χ2v) is 9.06. The number of aliphatic hydroxyl groups is 1. The van der Waals surface area contributed by atoms with Crippen LogP contribution in [-0.2, 0) is 18.6 Å². The molecule has 4 aromatic heterocycles. The van der Waals surface area contributed by atoms with Crippen molar-refractivity contribution in [1.82, 2.24) is 29.0 Å². The van der Waals surface area contributed by atoms with E-state index in [1.165, 1.54) is 12.4 Å². The summed E-state index contributed by atoms with van der Waals surface area (Å²) in [6.07, 6.45) is 5.23. The molecule has 0 saturated carbocycles. The Balaban J connectivity index is 1.46. The van der Waals surface area contributed by atoms with Crippen molar-refractivity contribution in [2.45, 2.75) is 32.4 Å². The van der Waals surface area contributed by atoms with Crippen LogP contribution in [0.15, 0.2) is 43.1 Å². The van der Waals surface area contributed by atoms with Gasteiger partial charge in [0.05, 0.1) is 17.8 Å². The van der Waals surface area contributed by atoms with E-state index in [1.807, 2.05) is 6.07 Å². The minimum Gasteiger partial charge on any atom is -0.493 e. The highest BCUT2D eigenvalue weighted by atomic mass is 19.1. The van der Waals surface area contributed by atoms with Crippen molar-refractivity contribution in [3.8, 4) is 22.9 Å². The lowest BCUT2D eigenvalue weighted by atomic mass is 10.0. The molecule has 5 heterocycles. The van der Waals surface area contributed by atoms with Crippen LogP contribution in [0.1, 0.15) is 36.4 Å². The van der Waals surface area contributed by atoms with Gasteiger partial charge in [-0.1, -0.05) is 0 Å². The van der Waals surface area contributed by atoms with E-state index in [-0.39, 0.29) is 18.1 Å². The average molecular weight is 484 g/mol. The van der Waals surface area contributed by atoms with Gasteiger partial charge in [-0.15, -0.1) is 0 Å². The largest absolute Gasteiger partial charge is 0.493 e. The van der Waals surface area contributed by atoms with Gasteiger partial charge in [0.25, 0.3) is 0 Å². The Kier molecular flexibility index (Phi) is 4.87. The van der Waals surface area contributed by atoms with E-state index < -0.39 is 5.60 Å². The van der Waals surface area contributed by atoms with Crippen molar-refractivity contribution in [3.63, 3.8) is 0 Å². The van der Waals surface area contributed by atoms with E-state index in [1.54, 1.807) is 47.4 Å². The molecular formula is C25H21FN8O2. The van der Waals surface area contributed by atoms with E-state index in [0.717, 1.165) is 5.56 Å². The number of halogens is 1. The van der Waals surface area contributed by atoms with Gasteiger partial charge in [0.15, 0.2) is 11.3 Å². The molecule has 5 aromatic rings. The fourth-order valence-electron chi connectivity index (χ4n) is 4.69. The first-order valence-corrected chi connectivity index (χ1v) is 11.4. The Hall–Kier alpha value is -4.56. The van der Waals surface area contributed by atoms with Crippen LogP contribution in [-0.4, -0.2) is 40.7 Å². The molecule has 180 valence electrons. The van der Waals surface area contributed by atoms with Crippen molar-refractivity contribution < 1.29 is 14.2 Å². The average Bonchev–Trinajstić information content (AvgIpc) is 3.60. The number of ether oxygens (including phenoxy) is 1. The summed E-state index contributed by atoms with van der Waals surface area (Å²) in [5, 5.41) is 27.9. The first kappa shape index (κ1) is 21.9. The monoisotopic (exact) mass is 484 g/mol. The highest BCUT2D eigenvalue weighted by Crippen LogP contribution is 2.34. The second-order valence-electron chi connectivity index (χ2n) is 9.06. The molecule has 0 aliphatic carbocycles. The maximum atomic E-state index is 14.6. The first-order valence-electron chi connectivity index (χ1n) is 11.4. The van der Waals surface area contributed by atoms with Gasteiger partial charge in [0.1, 0.15) is 35.9 Å². The van der Waals surface area contributed by atoms with Gasteiger partial charge >= 0.3 is 0 Å². The highest BCUT2D eigenvalue weighted by molar-refractivity contribution is 5.90. The number of fused-ring (bicyclic) bond motifs is 3. The molecule has 36 heavy (non-hydrogen) atoms. The van der Waals surface area contributed by atoms with Crippen LogP contribution >= 0.6 is 0 Å². The number of nitrogens with one attached hydrogen (secondary N) is 1. The topological polar surface area (TPSA) is 126 Å². The molecule has 1 aliphatic heterocycles. The summed E-state index contributed by atoms with van der Waals surface area (Å²) in [5.41, 5.74) is 3.28. The SMILES string of the molecule is CC(C)(O)c1ccc(-c2cncn3c(NCc4c(F)ccc5c4CCO5)nc(C#N)c23)c2ncnn12. The minimum absolute atomic E-state index is 0.168. The molecule has 11 heteroatoms. The number of hydrogen-bond acceptors (Lipinski definition) is 8. The third-order valence-corrected chi connectivity index (χ3v) is 6.36. The molecule has 0 atom stereocenters. The van der Waals surface area contributed by atoms with Crippen LogP contribution in [0, 0.1) is 17.1 Å². The summed E-state index contributed by atoms with van der Waals surface area (Å²) in [6, 6.07) is 8.78. The van der Waals surface area contributed by atoms with Gasteiger partial charge in [0.2, 0.25) is 5.95 Å². The van der Waals surface area contributed by atoms with Crippen LogP contribution < -0.4 is 10.1 Å². The van der Waals surface area contributed by atoms with Gasteiger partial charge in [0, 0.05) is 41.4 Å². The smallest absolute Gasteiger partial charge is 0.210 e. The Morgan fingerprint density at radius 3 is 2.92 bits per heavy atom. The molecule has 0 unspecified atom stereocenters. The third kappa shape index (κ3) is 3.34. The summed E-state index contributed by atoms with van der Waals surface area (Å²) in [5.74, 6) is 0.722. The molecule has 1 aliphatic rings. The van der Waals surface area contributed by atoms with Crippen LogP contribution in [0.3, 0.4) is 0 Å². The molecule has 0 fully saturated rings. The van der Waals surface area contributed by atoms with E-state index in [9.17, 15) is 14.8 Å². The zero-order chi connectivity index (χ0) is 25.0. The molecule has 10 nitrogen and oxygen atoms in total. The number of hydrogen-bond donors (Lipinski definition) is 2. The van der Waals surface area contributed by atoms with E-state index in [4.69, 9.17) is 4.74 Å². The van der Waals surface area contributed by atoms with Crippen LogP contribution in [0.4, 0.5) is 10.3 Å². The van der Waals surface area contributed by atoms with E-state index in [0.29, 0.717) is 58.3 Å². The Morgan fingerprint density at radius 2 is 2.11 bits per heavy atom. The maximum Gasteiger partial charge on any atom is 0.210 e. The van der Waals surface area contributed by atoms with Crippen molar-refractivity contribution in [1.29, 1.82) is 5.26 Å². The molecule has 0 spiro atoms. The van der Waals surface area contributed by atoms with Gasteiger partial charge in [-0.3, -0.25) is 4.40 Å². The molecule has 0 saturated heterocycles. The van der Waals surface area contributed by atoms with Crippen LogP contribution in [0.2, 0.25) is 0 Å². The number of anilines is 1. The van der Waals surface area contributed by atoms with E-state index in [2.05, 4.69) is 31.4 Å². The lowest BCUT2D eigenvalue weighted by Crippen LogP contribution is -2.20. The number of nitrogens with zero attached hydrogens (tertiary/aromatic N) is 7. The standard InChI is InChI=1S/C25H21FN8O2/c1-25(2,35)21-6-3-15(23-30-12-31-34(21)23)17-10-28-13-33-22(17)19(9-27)32-24(33)29-11-16-14-7-8-36-20(14)5-4-18(16)26/h3-6,10,12-13,35H,7-8,11H2,1-2H3,(H,29,32). The number of rotatable bonds is 5. The molecular weight excluding hydrogens is 463 g/mol. The van der Waals surface area contributed by atoms with Crippen molar-refractivity contribution >= 4 is 17.1 Å². The summed E-state index contributed by atoms with van der Waals surface area (Å²) in [7, 11) is 0. The number of nitriles is 1. The summed E-state index contributed by atoms with van der Waals surface area (Å²) in [6.45, 7) is 4.03. The molecule has 2 N–H and O–H groups in total. The predicted molar refractivity (Wildman–Crippen MR) is 128 cm³/mol. The van der Waals surface area contributed by atoms with Gasteiger partial charge < -0.3 is 15.2 Å². The quantitative estimate of drug-likeness (QED) is 0.390. The summed E-state index contributed by atoms with van der Waals surface area (Å²) >= 11 is 0. The molecule has 6 rings (SSSR count). The zero-order valence-corrected chi connectivity index (χ0v) is 19.5. The normalized spacial score (nSPS) is 13.1. The molecule has 1 aromatic carbocycles. The summed E-state index contributed by atoms with van der Waals surface area (Å²) in [4.78, 5) is 13.2. The van der Waals surface area contributed by atoms with Gasteiger partial charge in [-0.25, -0.2) is 23.9 Å². The van der Waals surface area contributed by atoms with Crippen molar-refractivity contribution in [2.75, 3.05) is 11.9 Å². The molecule has 0 radical (unpaired) electrons. The van der Waals surface area contributed by atoms with Gasteiger partial charge in [-0.2, -0.15) is 10.4 Å². The molecule has 0 amide bonds. The van der Waals surface area contributed by atoms with Crippen molar-refractivity contribution in [3.05, 3.63) is 71.4 Å². The lowest BCUT2D eigenvalue weighted by molar-refractivity contribution is 0.0715. The van der Waals surface area contributed by atoms with Crippen LogP contribution in [0.5, 0.6) is 5.75 Å². The third-order valence-electron chi connectivity index (χ3n) is 6.36. The number of aromatic nitrogens is 6. The minimum atomic E-state index is -1.14. The Bertz CT molecular complexity index is 1690. The summed E-state index contributed by atoms with van der Waals surface area (Å²) < 4.78 is 23.4. The number of imidazole rings is 1. The maximum absolute atomic E-state index is 14.6. The van der Waals surface area contributed by atoms with Gasteiger partial charge in [-0.05, 0) is 38.1 Å². The Labute approximate surface area is 204 Å². The van der Waals surface area contributed by atoms with Crippen LogP contribution in [0.25, 0.3) is 22.3 Å². The fraction of sp³-hybridized carbons (Fsp3) is 0.240. The highest BCUT2D eigenvalue weighted by Gasteiger charge is 2.25. The van der Waals surface area contributed by atoms with E-state index >= 15 is 0 Å². The first-order chi connectivity index (χ1) is 17.4. The zero-order valence-electron chi connectivity index (χ0n) is 19.5. The number of benzene rings is 1. The lowest BCUT2D eigenvalue weighted by Gasteiger charge is -2.19. The van der Waals surface area contributed by atoms with Crippen molar-refractivity contribution in [2.24, 2.45) is 0 Å². The number of pyridine rings is 1. The Morgan fingerprint density at radius 1 is 1.25 bits per heavy atom. The second kappa shape index (κ2) is 8.00.